The lowest BCUT2D eigenvalue weighted by atomic mass is 10.2. The van der Waals surface area contributed by atoms with E-state index >= 15 is 0 Å². The molecular weight excluding hydrogens is 372 g/mol. The van der Waals surface area contributed by atoms with Crippen LogP contribution < -0.4 is 9.47 Å². The van der Waals surface area contributed by atoms with Crippen LogP contribution in [0.4, 0.5) is 0 Å². The average molecular weight is 386 g/mol. The molecule has 6 heteroatoms. The molecule has 0 heterocycles. The molecule has 0 spiro atoms. The molecule has 0 unspecified atom stereocenters. The lowest BCUT2D eigenvalue weighted by molar-refractivity contribution is -0.145. The zero-order chi connectivity index (χ0) is 15.9. The van der Waals surface area contributed by atoms with Crippen LogP contribution in [0.5, 0.6) is 11.5 Å². The minimum atomic E-state index is -1.04. The van der Waals surface area contributed by atoms with Gasteiger partial charge >= 0.3 is 5.97 Å². The maximum Gasteiger partial charge on any atom is 0.345 e. The molecule has 0 bridgehead atoms. The Morgan fingerprint density at radius 3 is 2.59 bits per heavy atom. The molecule has 0 amide bonds. The fourth-order valence-corrected chi connectivity index (χ4v) is 2.53. The molecule has 116 valence electrons. The number of rotatable bonds is 7. The van der Waals surface area contributed by atoms with Crippen molar-refractivity contribution >= 4 is 33.5 Å². The molecule has 4 nitrogen and oxygen atoms in total. The summed E-state index contributed by atoms with van der Waals surface area (Å²) in [5.74, 6) is 0.0781. The molecule has 22 heavy (non-hydrogen) atoms. The van der Waals surface area contributed by atoms with Crippen LogP contribution in [0.25, 0.3) is 0 Å². The van der Waals surface area contributed by atoms with E-state index in [1.165, 1.54) is 0 Å². The van der Waals surface area contributed by atoms with Gasteiger partial charge in [0.1, 0.15) is 11.5 Å². The van der Waals surface area contributed by atoms with Crippen LogP contribution in [0.3, 0.4) is 0 Å². The first-order chi connectivity index (χ1) is 10.6. The van der Waals surface area contributed by atoms with Crippen molar-refractivity contribution in [1.29, 1.82) is 0 Å². The zero-order valence-electron chi connectivity index (χ0n) is 11.5. The molecular formula is C16H14BrClO4. The maximum atomic E-state index is 11.3. The third kappa shape index (κ3) is 4.93. The summed E-state index contributed by atoms with van der Waals surface area (Å²) in [6.07, 6.45) is -0.777. The molecule has 0 aliphatic rings. The van der Waals surface area contributed by atoms with E-state index in [1.54, 1.807) is 18.2 Å². The summed E-state index contributed by atoms with van der Waals surface area (Å²) in [5.41, 5.74) is 0. The van der Waals surface area contributed by atoms with E-state index in [0.29, 0.717) is 21.0 Å². The standard InChI is InChI=1S/C16H14BrClO4/c17-13-10-11(18)6-7-14(13)22-15(16(19)20)8-9-21-12-4-2-1-3-5-12/h1-7,10,15H,8-9H2,(H,19,20)/t15-/m0/s1. The maximum absolute atomic E-state index is 11.3. The molecule has 2 rings (SSSR count). The topological polar surface area (TPSA) is 55.8 Å². The lowest BCUT2D eigenvalue weighted by Gasteiger charge is -2.16. The third-order valence-electron chi connectivity index (χ3n) is 2.83. The van der Waals surface area contributed by atoms with Crippen molar-refractivity contribution < 1.29 is 19.4 Å². The summed E-state index contributed by atoms with van der Waals surface area (Å²) in [6, 6.07) is 14.1. The summed E-state index contributed by atoms with van der Waals surface area (Å²) in [4.78, 5) is 11.3. The summed E-state index contributed by atoms with van der Waals surface area (Å²) < 4.78 is 11.6. The molecule has 2 aromatic carbocycles. The van der Waals surface area contributed by atoms with Gasteiger partial charge in [-0.3, -0.25) is 0 Å². The number of carboxylic acids is 1. The van der Waals surface area contributed by atoms with E-state index < -0.39 is 12.1 Å². The van der Waals surface area contributed by atoms with Gasteiger partial charge in [-0.2, -0.15) is 0 Å². The van der Waals surface area contributed by atoms with E-state index in [2.05, 4.69) is 15.9 Å². The molecule has 1 atom stereocenters. The number of halogens is 2. The van der Waals surface area contributed by atoms with Gasteiger partial charge in [-0.15, -0.1) is 0 Å². The van der Waals surface area contributed by atoms with E-state index in [9.17, 15) is 9.90 Å². The van der Waals surface area contributed by atoms with Gasteiger partial charge in [0, 0.05) is 11.4 Å². The summed E-state index contributed by atoms with van der Waals surface area (Å²) in [7, 11) is 0. The highest BCUT2D eigenvalue weighted by molar-refractivity contribution is 9.10. The second-order valence-corrected chi connectivity index (χ2v) is 5.76. The summed E-state index contributed by atoms with van der Waals surface area (Å²) >= 11 is 9.14. The average Bonchev–Trinajstić information content (AvgIpc) is 2.49. The first-order valence-corrected chi connectivity index (χ1v) is 7.75. The molecule has 2 aromatic rings. The van der Waals surface area contributed by atoms with Crippen LogP contribution in [0.2, 0.25) is 5.02 Å². The molecule has 0 radical (unpaired) electrons. The molecule has 1 N–H and O–H groups in total. The van der Waals surface area contributed by atoms with Crippen LogP contribution in [-0.4, -0.2) is 23.8 Å². The van der Waals surface area contributed by atoms with Crippen molar-refractivity contribution in [3.63, 3.8) is 0 Å². The summed E-state index contributed by atoms with van der Waals surface area (Å²) in [6.45, 7) is 0.242. The number of carboxylic acid groups (broad SMARTS) is 1. The van der Waals surface area contributed by atoms with Gasteiger partial charge in [-0.25, -0.2) is 4.79 Å². The van der Waals surface area contributed by atoms with Gasteiger partial charge in [-0.1, -0.05) is 29.8 Å². The normalized spacial score (nSPS) is 11.7. The lowest BCUT2D eigenvalue weighted by Crippen LogP contribution is -2.29. The Morgan fingerprint density at radius 2 is 1.95 bits per heavy atom. The largest absolute Gasteiger partial charge is 0.493 e. The van der Waals surface area contributed by atoms with Gasteiger partial charge < -0.3 is 14.6 Å². The Kier molecular flexibility index (Phi) is 6.10. The smallest absolute Gasteiger partial charge is 0.345 e. The van der Waals surface area contributed by atoms with Gasteiger partial charge in [0.05, 0.1) is 11.1 Å². The Bertz CT molecular complexity index is 633. The highest BCUT2D eigenvalue weighted by Gasteiger charge is 2.20. The first-order valence-electron chi connectivity index (χ1n) is 6.58. The van der Waals surface area contributed by atoms with Crippen LogP contribution >= 0.6 is 27.5 Å². The second-order valence-electron chi connectivity index (χ2n) is 4.47. The quantitative estimate of drug-likeness (QED) is 0.767. The predicted octanol–water partition coefficient (Wildman–Crippen LogP) is 4.40. The summed E-state index contributed by atoms with van der Waals surface area (Å²) in [5, 5.41) is 9.80. The van der Waals surface area contributed by atoms with E-state index in [1.807, 2.05) is 30.3 Å². The number of hydrogen-bond donors (Lipinski definition) is 1. The van der Waals surface area contributed by atoms with Crippen LogP contribution in [0.15, 0.2) is 53.0 Å². The van der Waals surface area contributed by atoms with E-state index in [0.717, 1.165) is 0 Å². The number of benzene rings is 2. The van der Waals surface area contributed by atoms with Crippen molar-refractivity contribution in [3.8, 4) is 11.5 Å². The molecule has 0 fully saturated rings. The molecule has 0 aliphatic carbocycles. The van der Waals surface area contributed by atoms with Crippen molar-refractivity contribution in [2.24, 2.45) is 0 Å². The number of para-hydroxylation sites is 1. The number of aliphatic carboxylic acids is 1. The fourth-order valence-electron chi connectivity index (χ4n) is 1.76. The first kappa shape index (κ1) is 16.6. The molecule has 0 saturated carbocycles. The zero-order valence-corrected chi connectivity index (χ0v) is 13.9. The van der Waals surface area contributed by atoms with Crippen LogP contribution in [0.1, 0.15) is 6.42 Å². The van der Waals surface area contributed by atoms with Gasteiger partial charge in [-0.05, 0) is 46.3 Å². The molecule has 0 aliphatic heterocycles. The Balaban J connectivity index is 1.94. The van der Waals surface area contributed by atoms with Gasteiger partial charge in [0.25, 0.3) is 0 Å². The SMILES string of the molecule is O=C(O)[C@H](CCOc1ccccc1)Oc1ccc(Cl)cc1Br. The van der Waals surface area contributed by atoms with Gasteiger partial charge in [0.2, 0.25) is 0 Å². The Morgan fingerprint density at radius 1 is 1.23 bits per heavy atom. The minimum absolute atomic E-state index is 0.222. The van der Waals surface area contributed by atoms with Crippen LogP contribution in [-0.2, 0) is 4.79 Å². The van der Waals surface area contributed by atoms with Gasteiger partial charge in [0.15, 0.2) is 6.10 Å². The number of hydrogen-bond acceptors (Lipinski definition) is 3. The van der Waals surface area contributed by atoms with Crippen molar-refractivity contribution in [3.05, 3.63) is 58.0 Å². The Labute approximate surface area is 141 Å². The third-order valence-corrected chi connectivity index (χ3v) is 3.69. The molecule has 0 aromatic heterocycles. The van der Waals surface area contributed by atoms with E-state index in [-0.39, 0.29) is 13.0 Å². The second kappa shape index (κ2) is 8.06. The van der Waals surface area contributed by atoms with Crippen LogP contribution in [0, 0.1) is 0 Å². The predicted molar refractivity (Wildman–Crippen MR) is 87.8 cm³/mol. The highest BCUT2D eigenvalue weighted by Crippen LogP contribution is 2.29. The van der Waals surface area contributed by atoms with Crippen molar-refractivity contribution in [2.75, 3.05) is 6.61 Å². The van der Waals surface area contributed by atoms with E-state index in [4.69, 9.17) is 21.1 Å². The fraction of sp³-hybridized carbons (Fsp3) is 0.188. The number of carbonyl (C=O) groups is 1. The van der Waals surface area contributed by atoms with Crippen molar-refractivity contribution in [1.82, 2.24) is 0 Å². The van der Waals surface area contributed by atoms with Crippen molar-refractivity contribution in [2.45, 2.75) is 12.5 Å². The highest BCUT2D eigenvalue weighted by atomic mass is 79.9. The Hall–Kier alpha value is -1.72. The monoisotopic (exact) mass is 384 g/mol. The molecule has 0 saturated heterocycles. The minimum Gasteiger partial charge on any atom is -0.493 e. The number of ether oxygens (including phenoxy) is 2.